The monoisotopic (exact) mass is 1470 g/mol. The zero-order valence-corrected chi connectivity index (χ0v) is 60.4. The zero-order valence-electron chi connectivity index (χ0n) is 55.5. The number of hydrogen-bond donors (Lipinski definition) is 9. The standard InChI is InChI=1S/C27H31NO5S2.C25H26FNO4S2.C24H26N2O4S2/c1-3-33-25-14-13-20(15-23(25)19-9-5-4-6-10-19)35(31,32)28-24-16-26(34-17-18(2)29)27(30)22-12-8-7-11-21(22)24;1-16(28)15-32-24-14-23(21-9-5-6-10-22(21)25(24)29)27-33(30,31)20-12-18(11-19(26)13-20)17-7-3-2-4-8-17;1-17(27)16-31-23-15-22(20-10-3-4-11-21(20)24(23)28)25-32(29,30)19-9-7-8-18(14-19)26-12-5-2-6-13-26/h7-8,11-16,19,28-30H,2-6,9-10,17H2,1H3;5-6,9-14,17,27-29H,1-4,7-8,15H2;3-4,7-11,14-15,25,27-28H,1-2,5-6,12-13,16H2. The van der Waals surface area contributed by atoms with Gasteiger partial charge in [-0.15, -0.1) is 35.3 Å². The lowest BCUT2D eigenvalue weighted by molar-refractivity contribution is 0.328. The molecule has 3 fully saturated rings. The smallest absolute Gasteiger partial charge is 0.262 e. The Balaban J connectivity index is 0.000000162. The fraction of sp³-hybridized carbons (Fsp3) is 0.289. The molecule has 9 aromatic carbocycles. The van der Waals surface area contributed by atoms with E-state index < -0.39 is 35.9 Å². The number of sulfonamides is 3. The van der Waals surface area contributed by atoms with Gasteiger partial charge in [0.25, 0.3) is 30.1 Å². The average molecular weight is 1470 g/mol. The van der Waals surface area contributed by atoms with Gasteiger partial charge in [0.15, 0.2) is 0 Å². The molecule has 9 N–H and O–H groups in total. The lowest BCUT2D eigenvalue weighted by Crippen LogP contribution is -2.29. The predicted molar refractivity (Wildman–Crippen MR) is 405 cm³/mol. The van der Waals surface area contributed by atoms with E-state index in [9.17, 15) is 60.3 Å². The molecule has 0 spiro atoms. The molecular formula is C76H83FN4O13S6. The van der Waals surface area contributed by atoms with Crippen molar-refractivity contribution in [2.24, 2.45) is 0 Å². The van der Waals surface area contributed by atoms with Crippen LogP contribution in [0.3, 0.4) is 0 Å². The van der Waals surface area contributed by atoms with Gasteiger partial charge in [-0.3, -0.25) is 14.2 Å². The molecule has 3 aliphatic rings. The molecule has 9 aromatic rings. The van der Waals surface area contributed by atoms with E-state index in [0.717, 1.165) is 119 Å². The van der Waals surface area contributed by atoms with E-state index in [0.29, 0.717) is 70.5 Å². The zero-order chi connectivity index (χ0) is 71.3. The van der Waals surface area contributed by atoms with E-state index in [1.165, 1.54) is 48.5 Å². The van der Waals surface area contributed by atoms with Crippen LogP contribution in [0.2, 0.25) is 0 Å². The highest BCUT2D eigenvalue weighted by Gasteiger charge is 2.28. The minimum atomic E-state index is -4.10. The van der Waals surface area contributed by atoms with Crippen LogP contribution in [0.5, 0.6) is 23.0 Å². The summed E-state index contributed by atoms with van der Waals surface area (Å²) >= 11 is 3.51. The third kappa shape index (κ3) is 18.6. The fourth-order valence-electron chi connectivity index (χ4n) is 12.8. The second-order valence-corrected chi connectivity index (χ2v) is 33.0. The van der Waals surface area contributed by atoms with Gasteiger partial charge >= 0.3 is 0 Å². The largest absolute Gasteiger partial charge is 0.512 e. The van der Waals surface area contributed by atoms with Gasteiger partial charge < -0.3 is 40.3 Å². The molecule has 1 aliphatic heterocycles. The van der Waals surface area contributed by atoms with Gasteiger partial charge in [0.1, 0.15) is 28.8 Å². The van der Waals surface area contributed by atoms with Crippen LogP contribution in [0.15, 0.2) is 218 Å². The quantitative estimate of drug-likeness (QED) is 0.0164. The highest BCUT2D eigenvalue weighted by molar-refractivity contribution is 8.00. The number of aliphatic hydroxyl groups is 3. The van der Waals surface area contributed by atoms with Crippen molar-refractivity contribution in [2.75, 3.05) is 56.0 Å². The van der Waals surface area contributed by atoms with Gasteiger partial charge in [-0.05, 0) is 148 Å². The van der Waals surface area contributed by atoms with E-state index in [1.54, 1.807) is 127 Å². The molecule has 2 aliphatic carbocycles. The number of piperidine rings is 1. The molecule has 0 bridgehead atoms. The molecule has 0 unspecified atom stereocenters. The second kappa shape index (κ2) is 33.4. The summed E-state index contributed by atoms with van der Waals surface area (Å²) in [5.74, 6) is 1.07. The summed E-state index contributed by atoms with van der Waals surface area (Å²) in [4.78, 5) is 3.76. The topological polar surface area (TPSA) is 272 Å². The molecule has 0 aromatic heterocycles. The number of ether oxygens (including phenoxy) is 1. The number of fused-ring (bicyclic) bond motifs is 3. The van der Waals surface area contributed by atoms with E-state index in [2.05, 4.69) is 38.8 Å². The minimum absolute atomic E-state index is 0.00913. The Morgan fingerprint density at radius 1 is 0.470 bits per heavy atom. The van der Waals surface area contributed by atoms with Crippen LogP contribution in [0.25, 0.3) is 32.3 Å². The Kier molecular flexibility index (Phi) is 24.8. The third-order valence-corrected chi connectivity index (χ3v) is 25.0. The first-order valence-corrected chi connectivity index (χ1v) is 40.5. The number of halogens is 1. The Hall–Kier alpha value is -8.39. The van der Waals surface area contributed by atoms with Crippen LogP contribution in [0.4, 0.5) is 27.1 Å². The first-order valence-electron chi connectivity index (χ1n) is 33.1. The maximum atomic E-state index is 14.4. The van der Waals surface area contributed by atoms with E-state index >= 15 is 0 Å². The Bertz CT molecular complexity index is 4850. The van der Waals surface area contributed by atoms with Crippen molar-refractivity contribution in [3.05, 3.63) is 206 Å². The summed E-state index contributed by atoms with van der Waals surface area (Å²) in [6.07, 6.45) is 14.0. The number of thioether (sulfide) groups is 3. The number of aliphatic hydroxyl groups excluding tert-OH is 3. The molecule has 17 nitrogen and oxygen atoms in total. The summed E-state index contributed by atoms with van der Waals surface area (Å²) in [6.45, 7) is 14.7. The summed E-state index contributed by atoms with van der Waals surface area (Å²) in [7, 11) is -11.9. The van der Waals surface area contributed by atoms with Crippen LogP contribution >= 0.6 is 35.3 Å². The molecular weight excluding hydrogens is 1390 g/mol. The van der Waals surface area contributed by atoms with Crippen molar-refractivity contribution < 1.29 is 65.0 Å². The molecule has 100 heavy (non-hydrogen) atoms. The number of nitrogens with one attached hydrogen (secondary N) is 3. The van der Waals surface area contributed by atoms with Gasteiger partial charge in [0.2, 0.25) is 0 Å². The minimum Gasteiger partial charge on any atom is -0.512 e. The van der Waals surface area contributed by atoms with Crippen molar-refractivity contribution in [1.82, 2.24) is 0 Å². The van der Waals surface area contributed by atoms with E-state index in [1.807, 2.05) is 13.0 Å². The number of rotatable bonds is 23. The average Bonchev–Trinajstić information content (AvgIpc) is 0.784. The van der Waals surface area contributed by atoms with Crippen LogP contribution < -0.4 is 23.8 Å². The molecule has 528 valence electrons. The molecule has 0 amide bonds. The maximum Gasteiger partial charge on any atom is 0.262 e. The lowest BCUT2D eigenvalue weighted by atomic mass is 9.84. The first-order chi connectivity index (χ1) is 47.9. The Morgan fingerprint density at radius 2 is 0.870 bits per heavy atom. The van der Waals surface area contributed by atoms with Crippen LogP contribution in [-0.4, -0.2) is 92.8 Å². The molecule has 1 heterocycles. The molecule has 0 radical (unpaired) electrons. The van der Waals surface area contributed by atoms with Crippen molar-refractivity contribution in [1.29, 1.82) is 0 Å². The number of hydrogen-bond acceptors (Lipinski definition) is 17. The first kappa shape index (κ1) is 74.3. The maximum absolute atomic E-state index is 14.4. The fourth-order valence-corrected chi connectivity index (χ4v) is 18.5. The number of phenols is 3. The molecule has 24 heteroatoms. The number of benzene rings is 9. The predicted octanol–water partition coefficient (Wildman–Crippen LogP) is 19.2. The molecule has 2 saturated carbocycles. The highest BCUT2D eigenvalue weighted by atomic mass is 32.2. The van der Waals surface area contributed by atoms with Gasteiger partial charge in [0, 0.05) is 51.1 Å². The van der Waals surface area contributed by atoms with Gasteiger partial charge in [-0.2, -0.15) is 0 Å². The van der Waals surface area contributed by atoms with Gasteiger partial charge in [-0.25, -0.2) is 29.6 Å². The van der Waals surface area contributed by atoms with Crippen molar-refractivity contribution in [3.63, 3.8) is 0 Å². The summed E-state index contributed by atoms with van der Waals surface area (Å²) in [5, 5.41) is 63.6. The number of phenolic OH excluding ortho intramolecular Hbond substituents is 3. The normalized spacial score (nSPS) is 14.7. The second-order valence-electron chi connectivity index (χ2n) is 24.9. The highest BCUT2D eigenvalue weighted by Crippen LogP contribution is 2.46. The summed E-state index contributed by atoms with van der Waals surface area (Å²) in [6, 6.07) is 41.8. The van der Waals surface area contributed by atoms with Crippen molar-refractivity contribution >= 4 is 120 Å². The van der Waals surface area contributed by atoms with Crippen molar-refractivity contribution in [3.8, 4) is 23.0 Å². The molecule has 12 rings (SSSR count). The van der Waals surface area contributed by atoms with Crippen LogP contribution in [0, 0.1) is 5.82 Å². The van der Waals surface area contributed by atoms with Crippen LogP contribution in [0.1, 0.15) is 113 Å². The van der Waals surface area contributed by atoms with E-state index in [-0.39, 0.29) is 84.0 Å². The third-order valence-electron chi connectivity index (χ3n) is 17.6. The Labute approximate surface area is 597 Å². The van der Waals surface area contributed by atoms with Gasteiger partial charge in [0.05, 0.1) is 87.6 Å². The lowest BCUT2D eigenvalue weighted by Gasteiger charge is -2.29. The number of aromatic hydroxyl groups is 3. The Morgan fingerprint density at radius 3 is 1.30 bits per heavy atom. The molecule has 1 saturated heterocycles. The summed E-state index contributed by atoms with van der Waals surface area (Å²) < 4.78 is 109. The van der Waals surface area contributed by atoms with E-state index in [4.69, 9.17) is 4.74 Å². The van der Waals surface area contributed by atoms with Crippen molar-refractivity contribution in [2.45, 2.75) is 132 Å². The number of anilines is 4. The molecule has 0 atom stereocenters. The van der Waals surface area contributed by atoms with Gasteiger partial charge in [-0.1, -0.05) is 137 Å². The SMILES string of the molecule is C=C(O)CSc1cc(NS(=O)(=O)c2cc(F)cc(C3CCCCC3)c2)c2ccccc2c1O.C=C(O)CSc1cc(NS(=O)(=O)c2ccc(OCC)c(C3CCCCC3)c2)c2ccccc2c1O.C=C(O)CSc1cc(NS(=O)(=O)c2cccc(N3CCCCC3)c2)c2ccccc2c1O. The summed E-state index contributed by atoms with van der Waals surface area (Å²) in [5.41, 5.74) is 3.55. The van der Waals surface area contributed by atoms with Crippen LogP contribution in [-0.2, 0) is 30.1 Å². The number of nitrogens with zero attached hydrogens (tertiary/aromatic N) is 1.